The molecule has 1 N–H and O–H groups in total. The van der Waals surface area contributed by atoms with Gasteiger partial charge < -0.3 is 5.32 Å². The monoisotopic (exact) mass is 275 g/mol. The zero-order valence-electron chi connectivity index (χ0n) is 12.7. The molecule has 0 bridgehead atoms. The van der Waals surface area contributed by atoms with E-state index in [1.807, 2.05) is 0 Å². The highest BCUT2D eigenvalue weighted by Crippen LogP contribution is 2.31. The number of sulfone groups is 1. The molecule has 0 saturated heterocycles. The van der Waals surface area contributed by atoms with Crippen LogP contribution in [0.1, 0.15) is 60.3 Å². The van der Waals surface area contributed by atoms with Gasteiger partial charge >= 0.3 is 0 Å². The summed E-state index contributed by atoms with van der Waals surface area (Å²) < 4.78 is 23.6. The molecule has 1 fully saturated rings. The molecule has 1 aliphatic carbocycles. The van der Waals surface area contributed by atoms with Crippen molar-refractivity contribution in [2.75, 3.05) is 6.26 Å². The number of hydrogen-bond donors (Lipinski definition) is 1. The average Bonchev–Trinajstić information content (AvgIpc) is 2.44. The standard InChI is InChI=1S/C14H29NO2S/c1-13(2,3)10-14(4,5)15-11-8-7-9-12(11)18(6,16)17/h11-12,15H,7-10H2,1-6H3. The van der Waals surface area contributed by atoms with Crippen LogP contribution in [0.2, 0.25) is 0 Å². The molecular weight excluding hydrogens is 246 g/mol. The van der Waals surface area contributed by atoms with Gasteiger partial charge in [0.2, 0.25) is 0 Å². The van der Waals surface area contributed by atoms with Gasteiger partial charge in [0.15, 0.2) is 9.84 Å². The Bertz CT molecular complexity index is 379. The van der Waals surface area contributed by atoms with Crippen LogP contribution in [-0.4, -0.2) is 31.5 Å². The molecule has 0 radical (unpaired) electrons. The van der Waals surface area contributed by atoms with Crippen LogP contribution in [-0.2, 0) is 9.84 Å². The Morgan fingerprint density at radius 2 is 1.67 bits per heavy atom. The zero-order chi connectivity index (χ0) is 14.2. The van der Waals surface area contributed by atoms with Crippen LogP contribution >= 0.6 is 0 Å². The van der Waals surface area contributed by atoms with E-state index in [9.17, 15) is 8.42 Å². The second kappa shape index (κ2) is 5.12. The van der Waals surface area contributed by atoms with Gasteiger partial charge in [-0.3, -0.25) is 0 Å². The fourth-order valence-electron chi connectivity index (χ4n) is 3.48. The second-order valence-electron chi connectivity index (χ2n) is 7.67. The van der Waals surface area contributed by atoms with Gasteiger partial charge in [0.1, 0.15) is 0 Å². The molecule has 0 aromatic heterocycles. The van der Waals surface area contributed by atoms with Gasteiger partial charge in [0.05, 0.1) is 5.25 Å². The van der Waals surface area contributed by atoms with Crippen LogP contribution in [0.3, 0.4) is 0 Å². The molecule has 0 amide bonds. The summed E-state index contributed by atoms with van der Waals surface area (Å²) in [5, 5.41) is 3.39. The van der Waals surface area contributed by atoms with E-state index in [1.165, 1.54) is 6.26 Å². The molecule has 108 valence electrons. The van der Waals surface area contributed by atoms with Crippen LogP contribution < -0.4 is 5.32 Å². The summed E-state index contributed by atoms with van der Waals surface area (Å²) in [7, 11) is -2.93. The van der Waals surface area contributed by atoms with Gasteiger partial charge in [0.25, 0.3) is 0 Å². The Morgan fingerprint density at radius 1 is 1.11 bits per heavy atom. The molecule has 1 aliphatic rings. The van der Waals surface area contributed by atoms with Crippen molar-refractivity contribution in [2.24, 2.45) is 5.41 Å². The second-order valence-corrected chi connectivity index (χ2v) is 9.94. The lowest BCUT2D eigenvalue weighted by molar-refractivity contribution is 0.223. The van der Waals surface area contributed by atoms with Crippen molar-refractivity contribution in [1.82, 2.24) is 5.32 Å². The highest BCUT2D eigenvalue weighted by molar-refractivity contribution is 7.91. The van der Waals surface area contributed by atoms with Crippen molar-refractivity contribution >= 4 is 9.84 Å². The van der Waals surface area contributed by atoms with E-state index in [1.54, 1.807) is 0 Å². The normalized spacial score (nSPS) is 26.6. The first-order chi connectivity index (χ1) is 7.91. The first-order valence-electron chi connectivity index (χ1n) is 6.87. The quantitative estimate of drug-likeness (QED) is 0.858. The first-order valence-corrected chi connectivity index (χ1v) is 8.83. The van der Waals surface area contributed by atoms with Crippen molar-refractivity contribution in [3.05, 3.63) is 0 Å². The molecule has 0 spiro atoms. The van der Waals surface area contributed by atoms with Crippen molar-refractivity contribution in [2.45, 2.75) is 77.1 Å². The van der Waals surface area contributed by atoms with Crippen molar-refractivity contribution in [3.63, 3.8) is 0 Å². The Kier molecular flexibility index (Phi) is 4.54. The summed E-state index contributed by atoms with van der Waals surface area (Å²) in [4.78, 5) is 0. The SMILES string of the molecule is CC(C)(C)CC(C)(C)NC1CCCC1S(C)(=O)=O. The maximum absolute atomic E-state index is 11.8. The minimum atomic E-state index is -2.93. The number of rotatable bonds is 4. The Morgan fingerprint density at radius 3 is 2.11 bits per heavy atom. The Hall–Kier alpha value is -0.0900. The average molecular weight is 275 g/mol. The summed E-state index contributed by atoms with van der Waals surface area (Å²) in [6.07, 6.45) is 5.20. The minimum absolute atomic E-state index is 0.0177. The minimum Gasteiger partial charge on any atom is -0.308 e. The van der Waals surface area contributed by atoms with E-state index in [2.05, 4.69) is 39.9 Å². The molecule has 4 heteroatoms. The summed E-state index contributed by atoms with van der Waals surface area (Å²) in [5.74, 6) is 0. The number of hydrogen-bond acceptors (Lipinski definition) is 3. The largest absolute Gasteiger partial charge is 0.308 e. The predicted molar refractivity (Wildman–Crippen MR) is 77.6 cm³/mol. The third kappa shape index (κ3) is 4.88. The van der Waals surface area contributed by atoms with Crippen LogP contribution in [0, 0.1) is 5.41 Å². The summed E-state index contributed by atoms with van der Waals surface area (Å²) in [6, 6.07) is 0.123. The molecule has 2 unspecified atom stereocenters. The van der Waals surface area contributed by atoms with Gasteiger partial charge in [-0.2, -0.15) is 0 Å². The summed E-state index contributed by atoms with van der Waals surface area (Å²) in [6.45, 7) is 11.0. The van der Waals surface area contributed by atoms with Crippen LogP contribution in [0.5, 0.6) is 0 Å². The van der Waals surface area contributed by atoms with Crippen molar-refractivity contribution < 1.29 is 8.42 Å². The molecule has 2 atom stereocenters. The third-order valence-electron chi connectivity index (χ3n) is 3.55. The summed E-state index contributed by atoms with van der Waals surface area (Å²) >= 11 is 0. The Balaban J connectivity index is 2.72. The van der Waals surface area contributed by atoms with Gasteiger partial charge in [-0.1, -0.05) is 27.2 Å². The fourth-order valence-corrected chi connectivity index (χ4v) is 4.88. The fraction of sp³-hybridized carbons (Fsp3) is 1.00. The van der Waals surface area contributed by atoms with Gasteiger partial charge in [-0.25, -0.2) is 8.42 Å². The lowest BCUT2D eigenvalue weighted by atomic mass is 9.81. The van der Waals surface area contributed by atoms with Gasteiger partial charge in [0, 0.05) is 17.8 Å². The Labute approximate surface area is 113 Å². The summed E-state index contributed by atoms with van der Waals surface area (Å²) in [5.41, 5.74) is 0.228. The lowest BCUT2D eigenvalue weighted by Crippen LogP contribution is -2.52. The van der Waals surface area contributed by atoms with E-state index in [4.69, 9.17) is 0 Å². The lowest BCUT2D eigenvalue weighted by Gasteiger charge is -2.37. The van der Waals surface area contributed by atoms with E-state index < -0.39 is 9.84 Å². The van der Waals surface area contributed by atoms with E-state index in [0.717, 1.165) is 25.7 Å². The molecular formula is C14H29NO2S. The van der Waals surface area contributed by atoms with Crippen molar-refractivity contribution in [1.29, 1.82) is 0 Å². The van der Waals surface area contributed by atoms with Crippen LogP contribution in [0.25, 0.3) is 0 Å². The molecule has 1 saturated carbocycles. The molecule has 0 aromatic rings. The molecule has 18 heavy (non-hydrogen) atoms. The van der Waals surface area contributed by atoms with E-state index >= 15 is 0 Å². The predicted octanol–water partition coefficient (Wildman–Crippen LogP) is 2.76. The third-order valence-corrected chi connectivity index (χ3v) is 5.22. The zero-order valence-corrected chi connectivity index (χ0v) is 13.5. The topological polar surface area (TPSA) is 46.2 Å². The maximum Gasteiger partial charge on any atom is 0.151 e. The van der Waals surface area contributed by atoms with Crippen LogP contribution in [0.4, 0.5) is 0 Å². The maximum atomic E-state index is 11.8. The molecule has 0 heterocycles. The van der Waals surface area contributed by atoms with E-state index in [-0.39, 0.29) is 22.2 Å². The van der Waals surface area contributed by atoms with Gasteiger partial charge in [-0.05, 0) is 38.5 Å². The molecule has 1 rings (SSSR count). The highest BCUT2D eigenvalue weighted by Gasteiger charge is 2.38. The smallest absolute Gasteiger partial charge is 0.151 e. The van der Waals surface area contributed by atoms with E-state index in [0.29, 0.717) is 0 Å². The first kappa shape index (κ1) is 16.0. The number of nitrogens with one attached hydrogen (secondary N) is 1. The highest BCUT2D eigenvalue weighted by atomic mass is 32.2. The molecule has 0 aliphatic heterocycles. The molecule has 3 nitrogen and oxygen atoms in total. The van der Waals surface area contributed by atoms with Crippen LogP contribution in [0.15, 0.2) is 0 Å². The van der Waals surface area contributed by atoms with Gasteiger partial charge in [-0.15, -0.1) is 0 Å². The molecule has 0 aromatic carbocycles. The van der Waals surface area contributed by atoms with Crippen molar-refractivity contribution in [3.8, 4) is 0 Å².